The van der Waals surface area contributed by atoms with Gasteiger partial charge in [-0.1, -0.05) is 30.7 Å². The molecule has 2 aliphatic heterocycles. The lowest BCUT2D eigenvalue weighted by atomic mass is 10.1. The molecular weight excluding hydrogens is 422 g/mol. The minimum absolute atomic E-state index is 0.0459. The number of hydrogen-bond donors (Lipinski definition) is 0. The number of para-hydroxylation sites is 1. The lowest BCUT2D eigenvalue weighted by molar-refractivity contribution is -0.118. The average Bonchev–Trinajstić information content (AvgIpc) is 3.08. The van der Waals surface area contributed by atoms with Crippen molar-refractivity contribution in [2.45, 2.75) is 37.6 Å². The Bertz CT molecular complexity index is 1070. The molecule has 0 aliphatic carbocycles. The number of amides is 1. The Morgan fingerprint density at radius 1 is 1.07 bits per heavy atom. The predicted octanol–water partition coefficient (Wildman–Crippen LogP) is 3.54. The number of carbonyl (C=O) groups is 1. The van der Waals surface area contributed by atoms with Crippen molar-refractivity contribution >= 4 is 38.9 Å². The molecule has 0 bridgehead atoms. The third-order valence-electron chi connectivity index (χ3n) is 5.91. The van der Waals surface area contributed by atoms with Crippen LogP contribution in [0.4, 0.5) is 11.4 Å². The maximum atomic E-state index is 13.3. The van der Waals surface area contributed by atoms with Crippen LogP contribution < -0.4 is 9.80 Å². The summed E-state index contributed by atoms with van der Waals surface area (Å²) in [6.45, 7) is 5.82. The lowest BCUT2D eigenvalue weighted by Crippen LogP contribution is -2.48. The molecule has 1 atom stereocenters. The van der Waals surface area contributed by atoms with Gasteiger partial charge in [0, 0.05) is 44.3 Å². The summed E-state index contributed by atoms with van der Waals surface area (Å²) in [7, 11) is -3.59. The molecule has 2 aromatic carbocycles. The standard InChI is InChI=1S/C22H26ClN3O3S/c1-3-22(27)26-16(2)14-17-15-18(8-9-20(17)26)30(28,29)25-12-10-24(11-13-25)21-7-5-4-6-19(21)23/h4-9,15-16H,3,10-14H2,1-2H3/t16-/m1/s1. The monoisotopic (exact) mass is 447 g/mol. The fraction of sp³-hybridized carbons (Fsp3) is 0.409. The van der Waals surface area contributed by atoms with E-state index in [4.69, 9.17) is 11.6 Å². The molecule has 0 unspecified atom stereocenters. The highest BCUT2D eigenvalue weighted by molar-refractivity contribution is 7.89. The van der Waals surface area contributed by atoms with Crippen molar-refractivity contribution in [2.75, 3.05) is 36.0 Å². The summed E-state index contributed by atoms with van der Waals surface area (Å²) in [4.78, 5) is 16.5. The van der Waals surface area contributed by atoms with Gasteiger partial charge in [-0.3, -0.25) is 4.79 Å². The van der Waals surface area contributed by atoms with Gasteiger partial charge < -0.3 is 9.80 Å². The summed E-state index contributed by atoms with van der Waals surface area (Å²) < 4.78 is 28.0. The summed E-state index contributed by atoms with van der Waals surface area (Å²) in [5.74, 6) is 0.0625. The van der Waals surface area contributed by atoms with Gasteiger partial charge in [0.25, 0.3) is 0 Å². The van der Waals surface area contributed by atoms with Crippen LogP contribution >= 0.6 is 11.6 Å². The van der Waals surface area contributed by atoms with Gasteiger partial charge in [0.05, 0.1) is 15.6 Å². The van der Waals surface area contributed by atoms with Crippen molar-refractivity contribution in [3.8, 4) is 0 Å². The van der Waals surface area contributed by atoms with Crippen LogP contribution in [0.1, 0.15) is 25.8 Å². The zero-order chi connectivity index (χ0) is 21.5. The zero-order valence-corrected chi connectivity index (χ0v) is 18.8. The smallest absolute Gasteiger partial charge is 0.243 e. The topological polar surface area (TPSA) is 60.9 Å². The number of rotatable bonds is 4. The van der Waals surface area contributed by atoms with E-state index < -0.39 is 10.0 Å². The molecule has 0 aromatic heterocycles. The van der Waals surface area contributed by atoms with Gasteiger partial charge in [-0.25, -0.2) is 8.42 Å². The third kappa shape index (κ3) is 3.70. The molecule has 0 radical (unpaired) electrons. The lowest BCUT2D eigenvalue weighted by Gasteiger charge is -2.35. The summed E-state index contributed by atoms with van der Waals surface area (Å²) >= 11 is 6.29. The number of anilines is 2. The molecular formula is C22H26ClN3O3S. The van der Waals surface area contributed by atoms with Gasteiger partial charge in [0.15, 0.2) is 0 Å². The Kier molecular flexibility index (Phi) is 5.79. The van der Waals surface area contributed by atoms with Gasteiger partial charge in [-0.05, 0) is 49.2 Å². The second-order valence-corrected chi connectivity index (χ2v) is 10.1. The maximum Gasteiger partial charge on any atom is 0.243 e. The van der Waals surface area contributed by atoms with E-state index in [2.05, 4.69) is 4.90 Å². The van der Waals surface area contributed by atoms with E-state index in [9.17, 15) is 13.2 Å². The first-order chi connectivity index (χ1) is 14.3. The van der Waals surface area contributed by atoms with Gasteiger partial charge >= 0.3 is 0 Å². The Balaban J connectivity index is 1.52. The normalized spacial score (nSPS) is 19.8. The van der Waals surface area contributed by atoms with Crippen LogP contribution in [-0.2, 0) is 21.2 Å². The van der Waals surface area contributed by atoms with E-state index in [1.165, 1.54) is 4.31 Å². The van der Waals surface area contributed by atoms with Crippen molar-refractivity contribution < 1.29 is 13.2 Å². The predicted molar refractivity (Wildman–Crippen MR) is 120 cm³/mol. The molecule has 0 N–H and O–H groups in total. The summed E-state index contributed by atoms with van der Waals surface area (Å²) in [6.07, 6.45) is 1.10. The van der Waals surface area contributed by atoms with E-state index in [0.29, 0.717) is 48.9 Å². The van der Waals surface area contributed by atoms with Crippen molar-refractivity contribution in [3.63, 3.8) is 0 Å². The van der Waals surface area contributed by atoms with Crippen molar-refractivity contribution in [3.05, 3.63) is 53.1 Å². The molecule has 0 spiro atoms. The second-order valence-electron chi connectivity index (χ2n) is 7.80. The third-order valence-corrected chi connectivity index (χ3v) is 8.12. The van der Waals surface area contributed by atoms with Crippen LogP contribution in [0, 0.1) is 0 Å². The van der Waals surface area contributed by atoms with Crippen molar-refractivity contribution in [2.24, 2.45) is 0 Å². The molecule has 30 heavy (non-hydrogen) atoms. The fourth-order valence-electron chi connectivity index (χ4n) is 4.34. The molecule has 8 heteroatoms. The molecule has 160 valence electrons. The van der Waals surface area contributed by atoms with Crippen molar-refractivity contribution in [1.82, 2.24) is 4.31 Å². The highest BCUT2D eigenvalue weighted by Gasteiger charge is 2.33. The minimum Gasteiger partial charge on any atom is -0.368 e. The number of carbonyl (C=O) groups excluding carboxylic acids is 1. The Hall–Kier alpha value is -2.09. The number of hydrogen-bond acceptors (Lipinski definition) is 4. The fourth-order valence-corrected chi connectivity index (χ4v) is 6.07. The number of piperazine rings is 1. The van der Waals surface area contributed by atoms with E-state index in [0.717, 1.165) is 16.9 Å². The Labute approximate surface area is 183 Å². The largest absolute Gasteiger partial charge is 0.368 e. The highest BCUT2D eigenvalue weighted by Crippen LogP contribution is 2.35. The van der Waals surface area contributed by atoms with Crippen LogP contribution in [0.5, 0.6) is 0 Å². The molecule has 6 nitrogen and oxygen atoms in total. The highest BCUT2D eigenvalue weighted by atomic mass is 35.5. The summed E-state index contributed by atoms with van der Waals surface area (Å²) in [5.41, 5.74) is 2.68. The molecule has 1 amide bonds. The van der Waals surface area contributed by atoms with Gasteiger partial charge in [0.2, 0.25) is 15.9 Å². The van der Waals surface area contributed by atoms with Crippen LogP contribution in [0.3, 0.4) is 0 Å². The van der Waals surface area contributed by atoms with Gasteiger partial charge in [0.1, 0.15) is 0 Å². The summed E-state index contributed by atoms with van der Waals surface area (Å²) in [6, 6.07) is 12.8. The first kappa shape index (κ1) is 21.2. The number of benzene rings is 2. The zero-order valence-electron chi connectivity index (χ0n) is 17.2. The van der Waals surface area contributed by atoms with Gasteiger partial charge in [-0.2, -0.15) is 4.31 Å². The Morgan fingerprint density at radius 3 is 2.43 bits per heavy atom. The molecule has 4 rings (SSSR count). The molecule has 1 fully saturated rings. The first-order valence-electron chi connectivity index (χ1n) is 10.3. The van der Waals surface area contributed by atoms with Crippen LogP contribution in [0.25, 0.3) is 0 Å². The molecule has 0 saturated carbocycles. The van der Waals surface area contributed by atoms with E-state index in [-0.39, 0.29) is 11.9 Å². The molecule has 2 heterocycles. The number of halogens is 1. The minimum atomic E-state index is -3.59. The quantitative estimate of drug-likeness (QED) is 0.719. The molecule has 2 aromatic rings. The average molecular weight is 448 g/mol. The number of nitrogens with zero attached hydrogens (tertiary/aromatic N) is 3. The van der Waals surface area contributed by atoms with E-state index in [1.54, 1.807) is 23.1 Å². The number of sulfonamides is 1. The van der Waals surface area contributed by atoms with Crippen LogP contribution in [0.2, 0.25) is 5.02 Å². The summed E-state index contributed by atoms with van der Waals surface area (Å²) in [5, 5.41) is 0.674. The number of fused-ring (bicyclic) bond motifs is 1. The molecule has 1 saturated heterocycles. The Morgan fingerprint density at radius 2 is 1.77 bits per heavy atom. The second kappa shape index (κ2) is 8.21. The van der Waals surface area contributed by atoms with E-state index in [1.807, 2.05) is 38.1 Å². The van der Waals surface area contributed by atoms with Crippen molar-refractivity contribution in [1.29, 1.82) is 0 Å². The van der Waals surface area contributed by atoms with Crippen LogP contribution in [-0.4, -0.2) is 50.9 Å². The SMILES string of the molecule is CCC(=O)N1c2ccc(S(=O)(=O)N3CCN(c4ccccc4Cl)CC3)cc2C[C@H]1C. The molecule has 2 aliphatic rings. The van der Waals surface area contributed by atoms with E-state index >= 15 is 0 Å². The maximum absolute atomic E-state index is 13.3. The first-order valence-corrected chi connectivity index (χ1v) is 12.1. The van der Waals surface area contributed by atoms with Gasteiger partial charge in [-0.15, -0.1) is 0 Å². The van der Waals surface area contributed by atoms with Crippen LogP contribution in [0.15, 0.2) is 47.4 Å².